The predicted octanol–water partition coefficient (Wildman–Crippen LogP) is 1.40. The molecule has 104 valence electrons. The zero-order valence-electron chi connectivity index (χ0n) is 11.6. The van der Waals surface area contributed by atoms with E-state index in [2.05, 4.69) is 5.32 Å². The Kier molecular flexibility index (Phi) is 5.14. The first-order valence-corrected chi connectivity index (χ1v) is 6.44. The van der Waals surface area contributed by atoms with E-state index >= 15 is 0 Å². The summed E-state index contributed by atoms with van der Waals surface area (Å²) in [6, 6.07) is -0.651. The number of hydrogen-bond donors (Lipinski definition) is 1. The van der Waals surface area contributed by atoms with Crippen LogP contribution in [-0.2, 0) is 19.1 Å². The van der Waals surface area contributed by atoms with Gasteiger partial charge in [-0.15, -0.1) is 0 Å². The molecule has 0 bridgehead atoms. The largest absolute Gasteiger partial charge is 0.458 e. The lowest BCUT2D eigenvalue weighted by Gasteiger charge is -2.25. The number of hydrogen-bond acceptors (Lipinski definition) is 4. The lowest BCUT2D eigenvalue weighted by Crippen LogP contribution is -2.47. The Bertz CT molecular complexity index is 303. The molecule has 5 heteroatoms. The van der Waals surface area contributed by atoms with E-state index < -0.39 is 23.7 Å². The molecule has 0 aromatic heterocycles. The van der Waals surface area contributed by atoms with Gasteiger partial charge < -0.3 is 14.8 Å². The van der Waals surface area contributed by atoms with Crippen LogP contribution in [0.3, 0.4) is 0 Å². The van der Waals surface area contributed by atoms with E-state index in [0.717, 1.165) is 12.8 Å². The van der Waals surface area contributed by atoms with Gasteiger partial charge in [-0.25, -0.2) is 4.79 Å². The lowest BCUT2D eigenvalue weighted by atomic mass is 10.1. The highest BCUT2D eigenvalue weighted by molar-refractivity contribution is 5.86. The quantitative estimate of drug-likeness (QED) is 0.776. The van der Waals surface area contributed by atoms with Crippen LogP contribution in [-0.4, -0.2) is 36.2 Å². The van der Waals surface area contributed by atoms with E-state index in [-0.39, 0.29) is 5.91 Å². The summed E-state index contributed by atoms with van der Waals surface area (Å²) in [5.41, 5.74) is -0.544. The van der Waals surface area contributed by atoms with Gasteiger partial charge in [0.2, 0.25) is 5.91 Å². The van der Waals surface area contributed by atoms with E-state index in [1.54, 1.807) is 27.7 Å². The fourth-order valence-corrected chi connectivity index (χ4v) is 1.70. The van der Waals surface area contributed by atoms with Crippen LogP contribution >= 0.6 is 0 Å². The topological polar surface area (TPSA) is 64.6 Å². The van der Waals surface area contributed by atoms with Crippen molar-refractivity contribution in [2.75, 3.05) is 6.61 Å². The number of nitrogens with one attached hydrogen (secondary N) is 1. The van der Waals surface area contributed by atoms with Gasteiger partial charge in [-0.3, -0.25) is 4.79 Å². The summed E-state index contributed by atoms with van der Waals surface area (Å²) in [7, 11) is 0. The molecule has 0 aromatic rings. The van der Waals surface area contributed by atoms with Crippen molar-refractivity contribution >= 4 is 11.9 Å². The third kappa shape index (κ3) is 5.04. The van der Waals surface area contributed by atoms with Crippen LogP contribution in [0.4, 0.5) is 0 Å². The molecular weight excluding hydrogens is 234 g/mol. The minimum absolute atomic E-state index is 0.229. The van der Waals surface area contributed by atoms with E-state index in [4.69, 9.17) is 9.47 Å². The fraction of sp³-hybridized carbons (Fsp3) is 0.846. The molecule has 5 nitrogen and oxygen atoms in total. The Labute approximate surface area is 108 Å². The van der Waals surface area contributed by atoms with Crippen molar-refractivity contribution in [3.63, 3.8) is 0 Å². The molecule has 0 aliphatic carbocycles. The molecule has 0 spiro atoms. The average molecular weight is 257 g/mol. The Hall–Kier alpha value is -1.10. The molecule has 0 radical (unpaired) electrons. The molecule has 2 atom stereocenters. The van der Waals surface area contributed by atoms with E-state index in [9.17, 15) is 9.59 Å². The summed E-state index contributed by atoms with van der Waals surface area (Å²) >= 11 is 0. The summed E-state index contributed by atoms with van der Waals surface area (Å²) in [5.74, 6) is -0.653. The van der Waals surface area contributed by atoms with Gasteiger partial charge in [0.25, 0.3) is 0 Å². The molecular formula is C13H23NO4. The van der Waals surface area contributed by atoms with Crippen molar-refractivity contribution in [2.24, 2.45) is 0 Å². The maximum Gasteiger partial charge on any atom is 0.328 e. The van der Waals surface area contributed by atoms with Crippen LogP contribution in [0, 0.1) is 0 Å². The molecule has 0 aromatic carbocycles. The normalized spacial score (nSPS) is 22.1. The van der Waals surface area contributed by atoms with Gasteiger partial charge in [-0.1, -0.05) is 0 Å². The Balaban J connectivity index is 2.41. The van der Waals surface area contributed by atoms with E-state index in [1.807, 2.05) is 0 Å². The van der Waals surface area contributed by atoms with Gasteiger partial charge >= 0.3 is 5.97 Å². The Morgan fingerprint density at radius 1 is 1.33 bits per heavy atom. The number of amides is 1. The van der Waals surface area contributed by atoms with Gasteiger partial charge in [-0.2, -0.15) is 0 Å². The van der Waals surface area contributed by atoms with Crippen molar-refractivity contribution in [1.29, 1.82) is 0 Å². The number of carbonyl (C=O) groups is 2. The number of ether oxygens (including phenoxy) is 2. The number of rotatable bonds is 3. The SMILES string of the molecule is C[C@@H](NC(=O)C1CCCCO1)C(=O)OC(C)(C)C. The van der Waals surface area contributed by atoms with Crippen molar-refractivity contribution in [2.45, 2.75) is 64.7 Å². The summed E-state index contributed by atoms with van der Waals surface area (Å²) in [6.45, 7) is 7.62. The highest BCUT2D eigenvalue weighted by Crippen LogP contribution is 2.13. The van der Waals surface area contributed by atoms with Crippen LogP contribution in [0.15, 0.2) is 0 Å². The standard InChI is InChI=1S/C13H23NO4/c1-9(12(16)18-13(2,3)4)14-11(15)10-7-5-6-8-17-10/h9-10H,5-8H2,1-4H3,(H,14,15)/t9-,10?/m1/s1. The fourth-order valence-electron chi connectivity index (χ4n) is 1.70. The second kappa shape index (κ2) is 6.18. The second-order valence-corrected chi connectivity index (χ2v) is 5.62. The van der Waals surface area contributed by atoms with Gasteiger partial charge in [-0.05, 0) is 47.0 Å². The molecule has 1 aliphatic heterocycles. The first kappa shape index (κ1) is 15.0. The molecule has 0 saturated carbocycles. The minimum atomic E-state index is -0.651. The average Bonchev–Trinajstić information content (AvgIpc) is 2.27. The van der Waals surface area contributed by atoms with Crippen LogP contribution in [0.2, 0.25) is 0 Å². The third-order valence-corrected chi connectivity index (χ3v) is 2.59. The van der Waals surface area contributed by atoms with Gasteiger partial charge in [0, 0.05) is 6.61 Å². The van der Waals surface area contributed by atoms with Crippen LogP contribution in [0.1, 0.15) is 47.0 Å². The maximum atomic E-state index is 11.8. The third-order valence-electron chi connectivity index (χ3n) is 2.59. The predicted molar refractivity (Wildman–Crippen MR) is 67.0 cm³/mol. The van der Waals surface area contributed by atoms with Crippen LogP contribution in [0.5, 0.6) is 0 Å². The maximum absolute atomic E-state index is 11.8. The zero-order valence-corrected chi connectivity index (χ0v) is 11.6. The highest BCUT2D eigenvalue weighted by Gasteiger charge is 2.27. The highest BCUT2D eigenvalue weighted by atomic mass is 16.6. The summed E-state index contributed by atoms with van der Waals surface area (Å²) in [5, 5.41) is 2.63. The summed E-state index contributed by atoms with van der Waals surface area (Å²) in [4.78, 5) is 23.5. The smallest absolute Gasteiger partial charge is 0.328 e. The zero-order chi connectivity index (χ0) is 13.8. The van der Waals surface area contributed by atoms with E-state index in [1.165, 1.54) is 0 Å². The van der Waals surface area contributed by atoms with Crippen molar-refractivity contribution in [1.82, 2.24) is 5.32 Å². The lowest BCUT2D eigenvalue weighted by molar-refractivity contribution is -0.159. The Morgan fingerprint density at radius 2 is 2.00 bits per heavy atom. The number of esters is 1. The molecule has 18 heavy (non-hydrogen) atoms. The summed E-state index contributed by atoms with van der Waals surface area (Å²) < 4.78 is 10.6. The van der Waals surface area contributed by atoms with E-state index in [0.29, 0.717) is 13.0 Å². The van der Waals surface area contributed by atoms with Crippen LogP contribution in [0.25, 0.3) is 0 Å². The molecule has 1 amide bonds. The first-order chi connectivity index (χ1) is 8.29. The molecule has 1 aliphatic rings. The second-order valence-electron chi connectivity index (χ2n) is 5.62. The van der Waals surface area contributed by atoms with Crippen molar-refractivity contribution in [3.8, 4) is 0 Å². The molecule has 1 rings (SSSR count). The van der Waals surface area contributed by atoms with Gasteiger partial charge in [0.05, 0.1) is 0 Å². The van der Waals surface area contributed by atoms with Crippen LogP contribution < -0.4 is 5.32 Å². The molecule has 1 fully saturated rings. The molecule has 1 unspecified atom stereocenters. The molecule has 1 N–H and O–H groups in total. The molecule has 1 saturated heterocycles. The first-order valence-electron chi connectivity index (χ1n) is 6.44. The van der Waals surface area contributed by atoms with Gasteiger partial charge in [0.1, 0.15) is 17.7 Å². The number of carbonyl (C=O) groups excluding carboxylic acids is 2. The Morgan fingerprint density at radius 3 is 2.50 bits per heavy atom. The molecule has 1 heterocycles. The van der Waals surface area contributed by atoms with Crippen molar-refractivity contribution in [3.05, 3.63) is 0 Å². The summed E-state index contributed by atoms with van der Waals surface area (Å²) in [6.07, 6.45) is 2.26. The monoisotopic (exact) mass is 257 g/mol. The van der Waals surface area contributed by atoms with Crippen molar-refractivity contribution < 1.29 is 19.1 Å². The van der Waals surface area contributed by atoms with Gasteiger partial charge in [0.15, 0.2) is 0 Å². The minimum Gasteiger partial charge on any atom is -0.458 e.